The van der Waals surface area contributed by atoms with Crippen molar-refractivity contribution in [2.75, 3.05) is 11.9 Å². The van der Waals surface area contributed by atoms with Crippen molar-refractivity contribution in [1.82, 2.24) is 5.32 Å². The first-order chi connectivity index (χ1) is 11.1. The summed E-state index contributed by atoms with van der Waals surface area (Å²) in [6, 6.07) is 6.80. The molecule has 1 amide bonds. The van der Waals surface area contributed by atoms with Crippen molar-refractivity contribution in [2.45, 2.75) is 39.0 Å². The summed E-state index contributed by atoms with van der Waals surface area (Å²) < 4.78 is 5.07. The van der Waals surface area contributed by atoms with Crippen molar-refractivity contribution >= 4 is 34.9 Å². The quantitative estimate of drug-likeness (QED) is 0.639. The van der Waals surface area contributed by atoms with Gasteiger partial charge in [-0.15, -0.1) is 0 Å². The Morgan fingerprint density at radius 2 is 1.87 bits per heavy atom. The molecule has 5 nitrogen and oxygen atoms in total. The van der Waals surface area contributed by atoms with Crippen LogP contribution in [0.1, 0.15) is 49.4 Å². The van der Waals surface area contributed by atoms with E-state index in [4.69, 9.17) is 17.0 Å². The SMILES string of the molecule is CCCOC(=O)c1ccc(NC(=S)NC(=O)C2CCCC2)cc1. The zero-order chi connectivity index (χ0) is 16.7. The van der Waals surface area contributed by atoms with Crippen LogP contribution in [-0.4, -0.2) is 23.6 Å². The van der Waals surface area contributed by atoms with Gasteiger partial charge in [-0.1, -0.05) is 19.8 Å². The molecule has 0 radical (unpaired) electrons. The number of benzene rings is 1. The molecule has 0 bridgehead atoms. The van der Waals surface area contributed by atoms with Crippen LogP contribution in [-0.2, 0) is 9.53 Å². The first kappa shape index (κ1) is 17.4. The Bertz CT molecular complexity index is 566. The summed E-state index contributed by atoms with van der Waals surface area (Å²) in [6.45, 7) is 2.36. The minimum atomic E-state index is -0.337. The average molecular weight is 334 g/mol. The van der Waals surface area contributed by atoms with E-state index >= 15 is 0 Å². The number of hydrogen-bond donors (Lipinski definition) is 2. The smallest absolute Gasteiger partial charge is 0.338 e. The van der Waals surface area contributed by atoms with Gasteiger partial charge in [0.15, 0.2) is 5.11 Å². The highest BCUT2D eigenvalue weighted by Gasteiger charge is 2.23. The second-order valence-corrected chi connectivity index (χ2v) is 6.05. The summed E-state index contributed by atoms with van der Waals surface area (Å²) in [5.41, 5.74) is 1.21. The molecule has 0 saturated heterocycles. The van der Waals surface area contributed by atoms with Gasteiger partial charge in [-0.3, -0.25) is 4.79 Å². The van der Waals surface area contributed by atoms with Gasteiger partial charge in [-0.05, 0) is 55.7 Å². The van der Waals surface area contributed by atoms with Crippen LogP contribution in [0.4, 0.5) is 5.69 Å². The largest absolute Gasteiger partial charge is 0.462 e. The molecule has 0 unspecified atom stereocenters. The van der Waals surface area contributed by atoms with E-state index in [0.717, 1.165) is 32.1 Å². The van der Waals surface area contributed by atoms with Gasteiger partial charge in [-0.2, -0.15) is 0 Å². The summed E-state index contributed by atoms with van der Waals surface area (Å²) in [4.78, 5) is 23.7. The van der Waals surface area contributed by atoms with Gasteiger partial charge in [0.25, 0.3) is 0 Å². The third-order valence-corrected chi connectivity index (χ3v) is 3.98. The number of hydrogen-bond acceptors (Lipinski definition) is 4. The Morgan fingerprint density at radius 1 is 1.22 bits per heavy atom. The first-order valence-corrected chi connectivity index (χ1v) is 8.40. The van der Waals surface area contributed by atoms with Gasteiger partial charge in [0, 0.05) is 11.6 Å². The molecule has 0 aliphatic heterocycles. The fourth-order valence-corrected chi connectivity index (χ4v) is 2.75. The monoisotopic (exact) mass is 334 g/mol. The highest BCUT2D eigenvalue weighted by molar-refractivity contribution is 7.80. The number of thiocarbonyl (C=S) groups is 1. The molecule has 0 atom stereocenters. The van der Waals surface area contributed by atoms with Crippen LogP contribution in [0.3, 0.4) is 0 Å². The average Bonchev–Trinajstić information content (AvgIpc) is 3.07. The number of carbonyl (C=O) groups excluding carboxylic acids is 2. The predicted molar refractivity (Wildman–Crippen MR) is 93.3 cm³/mol. The highest BCUT2D eigenvalue weighted by atomic mass is 32.1. The number of nitrogens with one attached hydrogen (secondary N) is 2. The first-order valence-electron chi connectivity index (χ1n) is 7.99. The standard InChI is InChI=1S/C17H22N2O3S/c1-2-11-22-16(21)13-7-9-14(10-8-13)18-17(23)19-15(20)12-5-3-4-6-12/h7-10,12H,2-6,11H2,1H3,(H2,18,19,20,23). The van der Waals surface area contributed by atoms with Crippen molar-refractivity contribution in [1.29, 1.82) is 0 Å². The van der Waals surface area contributed by atoms with Crippen molar-refractivity contribution in [3.05, 3.63) is 29.8 Å². The molecule has 1 aliphatic carbocycles. The van der Waals surface area contributed by atoms with E-state index in [0.29, 0.717) is 17.9 Å². The van der Waals surface area contributed by atoms with Crippen molar-refractivity contribution < 1.29 is 14.3 Å². The summed E-state index contributed by atoms with van der Waals surface area (Å²) in [5.74, 6) is -0.277. The molecule has 0 spiro atoms. The number of esters is 1. The molecule has 1 aromatic rings. The lowest BCUT2D eigenvalue weighted by Gasteiger charge is -2.13. The van der Waals surface area contributed by atoms with E-state index < -0.39 is 0 Å². The number of ether oxygens (including phenoxy) is 1. The molecule has 124 valence electrons. The Balaban J connectivity index is 1.83. The lowest BCUT2D eigenvalue weighted by Crippen LogP contribution is -2.37. The third-order valence-electron chi connectivity index (χ3n) is 3.78. The van der Waals surface area contributed by atoms with Crippen LogP contribution >= 0.6 is 12.2 Å². The number of amides is 1. The summed E-state index contributed by atoms with van der Waals surface area (Å²) in [7, 11) is 0. The Hall–Kier alpha value is -1.95. The van der Waals surface area contributed by atoms with Gasteiger partial charge in [0.1, 0.15) is 0 Å². The fraction of sp³-hybridized carbons (Fsp3) is 0.471. The van der Waals surface area contributed by atoms with E-state index in [1.54, 1.807) is 24.3 Å². The molecule has 1 aliphatic rings. The molecule has 0 heterocycles. The molecule has 1 aromatic carbocycles. The summed E-state index contributed by atoms with van der Waals surface area (Å²) in [5, 5.41) is 5.96. The second-order valence-electron chi connectivity index (χ2n) is 5.64. The fourth-order valence-electron chi connectivity index (χ4n) is 2.53. The van der Waals surface area contributed by atoms with Crippen molar-refractivity contribution in [2.24, 2.45) is 5.92 Å². The van der Waals surface area contributed by atoms with Crippen LogP contribution in [0.5, 0.6) is 0 Å². The van der Waals surface area contributed by atoms with Crippen LogP contribution in [0.2, 0.25) is 0 Å². The van der Waals surface area contributed by atoms with Gasteiger partial charge in [0.05, 0.1) is 12.2 Å². The zero-order valence-corrected chi connectivity index (χ0v) is 14.1. The molecule has 6 heteroatoms. The van der Waals surface area contributed by atoms with Gasteiger partial charge in [0.2, 0.25) is 5.91 Å². The molecule has 2 rings (SSSR count). The predicted octanol–water partition coefficient (Wildman–Crippen LogP) is 3.26. The lowest BCUT2D eigenvalue weighted by atomic mass is 10.1. The zero-order valence-electron chi connectivity index (χ0n) is 13.3. The van der Waals surface area contributed by atoms with Crippen LogP contribution in [0.25, 0.3) is 0 Å². The van der Waals surface area contributed by atoms with E-state index in [9.17, 15) is 9.59 Å². The number of anilines is 1. The Kier molecular flexibility index (Phi) is 6.52. The second kappa shape index (κ2) is 8.62. The minimum absolute atomic E-state index is 0.0141. The maximum atomic E-state index is 12.0. The molecule has 0 aromatic heterocycles. The molecular formula is C17H22N2O3S. The van der Waals surface area contributed by atoms with Crippen LogP contribution in [0, 0.1) is 5.92 Å². The maximum Gasteiger partial charge on any atom is 0.338 e. The summed E-state index contributed by atoms with van der Waals surface area (Å²) in [6.07, 6.45) is 4.87. The summed E-state index contributed by atoms with van der Waals surface area (Å²) >= 11 is 5.15. The molecule has 1 fully saturated rings. The van der Waals surface area contributed by atoms with E-state index in [1.807, 2.05) is 6.92 Å². The van der Waals surface area contributed by atoms with E-state index in [1.165, 1.54) is 0 Å². The normalized spacial score (nSPS) is 14.3. The van der Waals surface area contributed by atoms with E-state index in [2.05, 4.69) is 10.6 Å². The van der Waals surface area contributed by atoms with Crippen molar-refractivity contribution in [3.63, 3.8) is 0 Å². The Labute approximate surface area is 141 Å². The Morgan fingerprint density at radius 3 is 2.48 bits per heavy atom. The van der Waals surface area contributed by atoms with Crippen LogP contribution in [0.15, 0.2) is 24.3 Å². The number of rotatable bonds is 5. The molecule has 2 N–H and O–H groups in total. The lowest BCUT2D eigenvalue weighted by molar-refractivity contribution is -0.123. The maximum absolute atomic E-state index is 12.0. The van der Waals surface area contributed by atoms with Gasteiger partial charge < -0.3 is 15.4 Å². The highest BCUT2D eigenvalue weighted by Crippen LogP contribution is 2.24. The molecule has 1 saturated carbocycles. The third kappa shape index (κ3) is 5.32. The van der Waals surface area contributed by atoms with Crippen molar-refractivity contribution in [3.8, 4) is 0 Å². The molecular weight excluding hydrogens is 312 g/mol. The van der Waals surface area contributed by atoms with Crippen LogP contribution < -0.4 is 10.6 Å². The number of carbonyl (C=O) groups is 2. The van der Waals surface area contributed by atoms with Gasteiger partial charge in [-0.25, -0.2) is 4.79 Å². The molecule has 23 heavy (non-hydrogen) atoms. The van der Waals surface area contributed by atoms with E-state index in [-0.39, 0.29) is 22.9 Å². The topological polar surface area (TPSA) is 67.4 Å². The van der Waals surface area contributed by atoms with Gasteiger partial charge >= 0.3 is 5.97 Å². The minimum Gasteiger partial charge on any atom is -0.462 e.